The first-order chi connectivity index (χ1) is 18.2. The van der Waals surface area contributed by atoms with Crippen LogP contribution in [0.2, 0.25) is 0 Å². The second kappa shape index (κ2) is 13.6. The molecule has 204 valence electrons. The van der Waals surface area contributed by atoms with Crippen LogP contribution in [0.4, 0.5) is 0 Å². The van der Waals surface area contributed by atoms with Crippen LogP contribution < -0.4 is 21.7 Å². The Morgan fingerprint density at radius 3 is 2.45 bits per heavy atom. The number of carbonyl (C=O) groups excluding carboxylic acids is 3. The lowest BCUT2D eigenvalue weighted by atomic mass is 10.0. The third-order valence-electron chi connectivity index (χ3n) is 6.05. The van der Waals surface area contributed by atoms with Crippen molar-refractivity contribution < 1.29 is 24.3 Å². The average molecular weight is 544 g/mol. The van der Waals surface area contributed by atoms with Gasteiger partial charge in [-0.15, -0.1) is 0 Å². The Balaban J connectivity index is 1.76. The number of para-hydroxylation sites is 1. The van der Waals surface area contributed by atoms with Gasteiger partial charge < -0.3 is 36.8 Å². The highest BCUT2D eigenvalue weighted by molar-refractivity contribution is 7.98. The first-order valence-electron chi connectivity index (χ1n) is 12.1. The van der Waals surface area contributed by atoms with Crippen molar-refractivity contribution in [3.63, 3.8) is 0 Å². The number of nitrogens with two attached hydrogens (primary N) is 1. The normalized spacial score (nSPS) is 14.3. The molecule has 8 N–H and O–H groups in total. The Morgan fingerprint density at radius 2 is 1.76 bits per heavy atom. The topological polar surface area (TPSA) is 195 Å². The fourth-order valence-corrected chi connectivity index (χ4v) is 4.37. The quantitative estimate of drug-likeness (QED) is 0.151. The fraction of sp³-hybridized carbons (Fsp3) is 0.400. The number of carboxylic acid groups (broad SMARTS) is 1. The number of fused-ring (bicyclic) bond motifs is 1. The van der Waals surface area contributed by atoms with Crippen LogP contribution in [-0.2, 0) is 32.0 Å². The molecule has 4 unspecified atom stereocenters. The Labute approximate surface area is 223 Å². The van der Waals surface area contributed by atoms with Crippen LogP contribution >= 0.6 is 11.8 Å². The predicted octanol–water partition coefficient (Wildman–Crippen LogP) is 0.316. The van der Waals surface area contributed by atoms with Crippen molar-refractivity contribution in [1.29, 1.82) is 0 Å². The van der Waals surface area contributed by atoms with Crippen molar-refractivity contribution in [3.05, 3.63) is 54.2 Å². The maximum Gasteiger partial charge on any atom is 0.326 e. The van der Waals surface area contributed by atoms with Crippen LogP contribution in [-0.4, -0.2) is 79.9 Å². The minimum atomic E-state index is -1.25. The molecule has 0 bridgehead atoms. The molecule has 0 aliphatic rings. The molecular formula is C25H33N7O5S. The number of hydrogen-bond donors (Lipinski definition) is 7. The Hall–Kier alpha value is -3.84. The predicted molar refractivity (Wildman–Crippen MR) is 144 cm³/mol. The summed E-state index contributed by atoms with van der Waals surface area (Å²) in [6, 6.07) is 3.39. The SMILES string of the molecule is CSCCC(N)C(=O)NC(C)C(=O)NC(Cc1c[nH]c2ccccc12)C(=O)NC(Cc1cnc[nH]1)C(=O)O. The lowest BCUT2D eigenvalue weighted by Gasteiger charge is -2.23. The molecule has 0 aliphatic heterocycles. The number of imidazole rings is 1. The van der Waals surface area contributed by atoms with Crippen molar-refractivity contribution >= 4 is 46.4 Å². The van der Waals surface area contributed by atoms with E-state index in [1.165, 1.54) is 19.4 Å². The highest BCUT2D eigenvalue weighted by atomic mass is 32.2. The van der Waals surface area contributed by atoms with Crippen LogP contribution in [0.3, 0.4) is 0 Å². The molecular weight excluding hydrogens is 510 g/mol. The average Bonchev–Trinajstić information content (AvgIpc) is 3.56. The van der Waals surface area contributed by atoms with Crippen LogP contribution in [0.25, 0.3) is 10.9 Å². The number of hydrogen-bond acceptors (Lipinski definition) is 7. The molecule has 0 radical (unpaired) electrons. The van der Waals surface area contributed by atoms with E-state index in [0.717, 1.165) is 16.5 Å². The van der Waals surface area contributed by atoms with E-state index in [2.05, 4.69) is 30.9 Å². The molecule has 0 spiro atoms. The number of aromatic amines is 2. The number of aliphatic carboxylic acids is 1. The minimum absolute atomic E-state index is 0.0186. The summed E-state index contributed by atoms with van der Waals surface area (Å²) in [5.74, 6) is -2.28. The summed E-state index contributed by atoms with van der Waals surface area (Å²) in [5, 5.41) is 18.3. The number of carbonyl (C=O) groups is 4. The molecule has 3 amide bonds. The van der Waals surface area contributed by atoms with Crippen molar-refractivity contribution in [2.75, 3.05) is 12.0 Å². The van der Waals surface area contributed by atoms with E-state index < -0.39 is 47.9 Å². The van der Waals surface area contributed by atoms with Gasteiger partial charge in [0.25, 0.3) is 0 Å². The molecule has 4 atom stereocenters. The molecule has 1 aromatic carbocycles. The first kappa shape index (κ1) is 28.7. The first-order valence-corrected chi connectivity index (χ1v) is 13.5. The molecule has 13 heteroatoms. The zero-order valence-corrected chi connectivity index (χ0v) is 22.0. The van der Waals surface area contributed by atoms with Gasteiger partial charge in [-0.2, -0.15) is 11.8 Å². The molecule has 2 heterocycles. The van der Waals surface area contributed by atoms with Gasteiger partial charge in [-0.3, -0.25) is 14.4 Å². The van der Waals surface area contributed by atoms with E-state index in [-0.39, 0.29) is 12.8 Å². The molecule has 0 saturated heterocycles. The Bertz CT molecular complexity index is 1250. The number of rotatable bonds is 14. The van der Waals surface area contributed by atoms with E-state index in [1.807, 2.05) is 30.5 Å². The van der Waals surface area contributed by atoms with Crippen molar-refractivity contribution in [2.24, 2.45) is 5.73 Å². The summed E-state index contributed by atoms with van der Waals surface area (Å²) in [6.45, 7) is 1.49. The fourth-order valence-electron chi connectivity index (χ4n) is 3.88. The zero-order chi connectivity index (χ0) is 27.7. The number of thioether (sulfide) groups is 1. The number of amides is 3. The standard InChI is InChI=1S/C25H33N7O5S/c1-14(30-23(34)18(26)7-8-38-2)22(33)31-20(9-15-11-28-19-6-4-3-5-17(15)19)24(35)32-21(25(36)37)10-16-12-27-13-29-16/h3-6,11-14,18,20-21,28H,7-10,26H2,1-2H3,(H,27,29)(H,30,34)(H,31,33)(H,32,35)(H,36,37). The maximum atomic E-state index is 13.3. The molecule has 3 rings (SSSR count). The summed E-state index contributed by atoms with van der Waals surface area (Å²) in [6.07, 6.45) is 7.07. The van der Waals surface area contributed by atoms with Gasteiger partial charge in [0, 0.05) is 41.8 Å². The van der Waals surface area contributed by atoms with E-state index in [1.54, 1.807) is 18.0 Å². The molecule has 0 fully saturated rings. The molecule has 2 aromatic heterocycles. The van der Waals surface area contributed by atoms with E-state index in [4.69, 9.17) is 5.73 Å². The summed E-state index contributed by atoms with van der Waals surface area (Å²) in [5.41, 5.74) is 8.05. The largest absolute Gasteiger partial charge is 0.480 e. The van der Waals surface area contributed by atoms with Gasteiger partial charge >= 0.3 is 5.97 Å². The summed E-state index contributed by atoms with van der Waals surface area (Å²) in [7, 11) is 0. The molecule has 38 heavy (non-hydrogen) atoms. The third kappa shape index (κ3) is 7.83. The van der Waals surface area contributed by atoms with Crippen molar-refractivity contribution in [1.82, 2.24) is 30.9 Å². The highest BCUT2D eigenvalue weighted by Gasteiger charge is 2.30. The number of aromatic nitrogens is 3. The molecule has 12 nitrogen and oxygen atoms in total. The van der Waals surface area contributed by atoms with Gasteiger partial charge in [0.15, 0.2) is 0 Å². The number of nitrogens with zero attached hydrogens (tertiary/aromatic N) is 1. The van der Waals surface area contributed by atoms with Crippen LogP contribution in [0, 0.1) is 0 Å². The van der Waals surface area contributed by atoms with Gasteiger partial charge in [-0.05, 0) is 37.0 Å². The number of H-pyrrole nitrogens is 2. The second-order valence-corrected chi connectivity index (χ2v) is 9.91. The third-order valence-corrected chi connectivity index (χ3v) is 6.69. The summed E-state index contributed by atoms with van der Waals surface area (Å²) in [4.78, 5) is 60.4. The van der Waals surface area contributed by atoms with Crippen LogP contribution in [0.1, 0.15) is 24.6 Å². The molecule has 0 aliphatic carbocycles. The van der Waals surface area contributed by atoms with E-state index in [9.17, 15) is 24.3 Å². The lowest BCUT2D eigenvalue weighted by molar-refractivity contribution is -0.142. The zero-order valence-electron chi connectivity index (χ0n) is 21.2. The van der Waals surface area contributed by atoms with Gasteiger partial charge in [0.2, 0.25) is 17.7 Å². The number of nitrogens with one attached hydrogen (secondary N) is 5. The van der Waals surface area contributed by atoms with Crippen LogP contribution in [0.15, 0.2) is 43.0 Å². The molecule has 0 saturated carbocycles. The molecule has 3 aromatic rings. The Kier molecular flexibility index (Phi) is 10.3. The van der Waals surface area contributed by atoms with Gasteiger partial charge in [-0.1, -0.05) is 18.2 Å². The van der Waals surface area contributed by atoms with E-state index >= 15 is 0 Å². The smallest absolute Gasteiger partial charge is 0.326 e. The summed E-state index contributed by atoms with van der Waals surface area (Å²) < 4.78 is 0. The van der Waals surface area contributed by atoms with Crippen molar-refractivity contribution in [2.45, 2.75) is 50.4 Å². The minimum Gasteiger partial charge on any atom is -0.480 e. The van der Waals surface area contributed by atoms with E-state index in [0.29, 0.717) is 17.9 Å². The summed E-state index contributed by atoms with van der Waals surface area (Å²) >= 11 is 1.56. The number of benzene rings is 1. The monoisotopic (exact) mass is 543 g/mol. The van der Waals surface area contributed by atoms with Gasteiger partial charge in [0.1, 0.15) is 18.1 Å². The second-order valence-electron chi connectivity index (χ2n) is 8.92. The maximum absolute atomic E-state index is 13.3. The van der Waals surface area contributed by atoms with Gasteiger partial charge in [-0.25, -0.2) is 9.78 Å². The number of carboxylic acids is 1. The lowest BCUT2D eigenvalue weighted by Crippen LogP contribution is -2.57. The van der Waals surface area contributed by atoms with Gasteiger partial charge in [0.05, 0.1) is 12.4 Å². The Morgan fingerprint density at radius 1 is 1.03 bits per heavy atom. The van der Waals surface area contributed by atoms with Crippen molar-refractivity contribution in [3.8, 4) is 0 Å². The van der Waals surface area contributed by atoms with Crippen LogP contribution in [0.5, 0.6) is 0 Å². The highest BCUT2D eigenvalue weighted by Crippen LogP contribution is 2.19.